The van der Waals surface area contributed by atoms with Crippen LogP contribution in [0.2, 0.25) is 0 Å². The van der Waals surface area contributed by atoms with Crippen molar-refractivity contribution >= 4 is 76.2 Å². The van der Waals surface area contributed by atoms with Gasteiger partial charge in [0, 0.05) is 38.2 Å². The molecule has 2 nitrogen and oxygen atoms in total. The second-order valence-electron chi connectivity index (χ2n) is 13.1. The van der Waals surface area contributed by atoms with Gasteiger partial charge in [-0.25, -0.2) is 0 Å². The first kappa shape index (κ1) is 27.3. The van der Waals surface area contributed by atoms with Gasteiger partial charge in [-0.15, -0.1) is 0 Å². The van der Waals surface area contributed by atoms with Gasteiger partial charge in [0.15, 0.2) is 0 Å². The van der Waals surface area contributed by atoms with Crippen molar-refractivity contribution in [1.82, 2.24) is 0 Å². The summed E-state index contributed by atoms with van der Waals surface area (Å²) in [5.74, 6) is 0. The summed E-state index contributed by atoms with van der Waals surface area (Å²) in [4.78, 5) is 0. The largest absolute Gasteiger partial charge is 0.455 e. The minimum atomic E-state index is 0.896. The van der Waals surface area contributed by atoms with Gasteiger partial charge in [0.1, 0.15) is 22.3 Å². The molecule has 0 radical (unpaired) electrons. The molecule has 232 valence electrons. The normalized spacial score (nSPS) is 12.0. The van der Waals surface area contributed by atoms with Gasteiger partial charge >= 0.3 is 0 Å². The van der Waals surface area contributed by atoms with Crippen molar-refractivity contribution in [3.63, 3.8) is 0 Å². The number of para-hydroxylation sites is 4. The maximum atomic E-state index is 6.70. The maximum Gasteiger partial charge on any atom is 0.143 e. The summed E-state index contributed by atoms with van der Waals surface area (Å²) in [6, 6.07) is 60.8. The average molecular weight is 637 g/mol. The van der Waals surface area contributed by atoms with E-state index in [1.165, 1.54) is 49.0 Å². The van der Waals surface area contributed by atoms with Crippen LogP contribution in [-0.4, -0.2) is 0 Å². The van der Waals surface area contributed by atoms with Crippen LogP contribution in [0.1, 0.15) is 0 Å². The van der Waals surface area contributed by atoms with Crippen LogP contribution in [0.5, 0.6) is 0 Å². The van der Waals surface area contributed by atoms with E-state index < -0.39 is 0 Å². The Hall–Kier alpha value is -6.64. The number of furan rings is 2. The van der Waals surface area contributed by atoms with E-state index in [4.69, 9.17) is 8.83 Å². The van der Waals surface area contributed by atoms with Gasteiger partial charge in [0.05, 0.1) is 0 Å². The summed E-state index contributed by atoms with van der Waals surface area (Å²) < 4.78 is 13.3. The summed E-state index contributed by atoms with van der Waals surface area (Å²) >= 11 is 0. The molecule has 0 aliphatic rings. The van der Waals surface area contributed by atoms with Gasteiger partial charge in [-0.2, -0.15) is 0 Å². The van der Waals surface area contributed by atoms with Gasteiger partial charge in [-0.1, -0.05) is 152 Å². The highest BCUT2D eigenvalue weighted by atomic mass is 16.3. The second-order valence-corrected chi connectivity index (χ2v) is 13.1. The zero-order chi connectivity index (χ0) is 32.8. The van der Waals surface area contributed by atoms with Crippen molar-refractivity contribution in [2.24, 2.45) is 0 Å². The highest BCUT2D eigenvalue weighted by molar-refractivity contribution is 6.24. The number of hydrogen-bond acceptors (Lipinski definition) is 2. The van der Waals surface area contributed by atoms with Crippen LogP contribution in [0.15, 0.2) is 179 Å². The topological polar surface area (TPSA) is 26.3 Å². The van der Waals surface area contributed by atoms with Crippen molar-refractivity contribution in [2.45, 2.75) is 0 Å². The van der Waals surface area contributed by atoms with Crippen molar-refractivity contribution in [2.75, 3.05) is 0 Å². The molecule has 0 aliphatic carbocycles. The fourth-order valence-corrected chi connectivity index (χ4v) is 8.29. The lowest BCUT2D eigenvalue weighted by Crippen LogP contribution is -1.91. The van der Waals surface area contributed by atoms with E-state index in [-0.39, 0.29) is 0 Å². The van der Waals surface area contributed by atoms with E-state index in [1.807, 2.05) is 12.1 Å². The standard InChI is InChI=1S/C48H28O2/c1-2-14-30-29(12-1)13-7-17-31(30)32-18-8-20-36-42(32)28-43-33(38-22-10-23-39-34-15-3-5-26-44(34)49-47(38)39)19-9-21-37(43)46(36)41-25-11-24-40-35-16-4-6-27-45(35)50-48(40)41/h1-28H. The number of benzene rings is 9. The van der Waals surface area contributed by atoms with Crippen LogP contribution in [0.3, 0.4) is 0 Å². The zero-order valence-corrected chi connectivity index (χ0v) is 27.0. The van der Waals surface area contributed by atoms with E-state index in [2.05, 4.69) is 158 Å². The van der Waals surface area contributed by atoms with Gasteiger partial charge in [0.2, 0.25) is 0 Å². The highest BCUT2D eigenvalue weighted by Crippen LogP contribution is 2.47. The molecule has 2 heterocycles. The maximum absolute atomic E-state index is 6.70. The average Bonchev–Trinajstić information content (AvgIpc) is 3.75. The zero-order valence-electron chi connectivity index (χ0n) is 27.0. The highest BCUT2D eigenvalue weighted by Gasteiger charge is 2.21. The Labute approximate surface area is 287 Å². The van der Waals surface area contributed by atoms with Crippen LogP contribution in [0.25, 0.3) is 110 Å². The lowest BCUT2D eigenvalue weighted by atomic mass is 9.85. The molecule has 0 N–H and O–H groups in total. The molecule has 0 aliphatic heterocycles. The van der Waals surface area contributed by atoms with Crippen molar-refractivity contribution in [1.29, 1.82) is 0 Å². The predicted octanol–water partition coefficient (Wildman–Crippen LogP) is 13.9. The molecule has 0 unspecified atom stereocenters. The van der Waals surface area contributed by atoms with Crippen molar-refractivity contribution in [3.8, 4) is 33.4 Å². The molecule has 0 amide bonds. The van der Waals surface area contributed by atoms with Gasteiger partial charge in [-0.05, 0) is 67.2 Å². The molecule has 2 heteroatoms. The molecular formula is C48H28O2. The Balaban J connectivity index is 1.31. The first-order valence-electron chi connectivity index (χ1n) is 17.1. The monoisotopic (exact) mass is 636 g/mol. The van der Waals surface area contributed by atoms with E-state index in [0.29, 0.717) is 0 Å². The van der Waals surface area contributed by atoms with E-state index >= 15 is 0 Å². The first-order chi connectivity index (χ1) is 24.8. The summed E-state index contributed by atoms with van der Waals surface area (Å²) in [5.41, 5.74) is 10.5. The van der Waals surface area contributed by atoms with Crippen molar-refractivity contribution < 1.29 is 8.83 Å². The van der Waals surface area contributed by atoms with E-state index in [9.17, 15) is 0 Å². The Morgan fingerprint density at radius 3 is 1.30 bits per heavy atom. The lowest BCUT2D eigenvalue weighted by Gasteiger charge is -2.18. The molecule has 11 rings (SSSR count). The molecule has 0 atom stereocenters. The third-order valence-electron chi connectivity index (χ3n) is 10.5. The van der Waals surface area contributed by atoms with Gasteiger partial charge in [0.25, 0.3) is 0 Å². The Morgan fingerprint density at radius 1 is 0.260 bits per heavy atom. The first-order valence-corrected chi connectivity index (χ1v) is 17.1. The van der Waals surface area contributed by atoms with Crippen LogP contribution in [0, 0.1) is 0 Å². The summed E-state index contributed by atoms with van der Waals surface area (Å²) in [6.07, 6.45) is 0. The van der Waals surface area contributed by atoms with Crippen molar-refractivity contribution in [3.05, 3.63) is 170 Å². The summed E-state index contributed by atoms with van der Waals surface area (Å²) in [5, 5.41) is 11.7. The second kappa shape index (κ2) is 10.4. The molecule has 0 saturated heterocycles. The van der Waals surface area contributed by atoms with E-state index in [1.54, 1.807) is 0 Å². The number of fused-ring (bicyclic) bond motifs is 9. The minimum Gasteiger partial charge on any atom is -0.455 e. The molecule has 2 aromatic heterocycles. The number of hydrogen-bond donors (Lipinski definition) is 0. The fraction of sp³-hybridized carbons (Fsp3) is 0. The van der Waals surface area contributed by atoms with Gasteiger partial charge in [-0.3, -0.25) is 0 Å². The SMILES string of the molecule is c1ccc2c(-c3cccc4c(-c5cccc6c5oc5ccccc56)c5cccc(-c6cccc7c6oc6ccccc67)c5cc34)cccc2c1. The third-order valence-corrected chi connectivity index (χ3v) is 10.5. The Kier molecular flexibility index (Phi) is 5.70. The minimum absolute atomic E-state index is 0.896. The van der Waals surface area contributed by atoms with Crippen LogP contribution >= 0.6 is 0 Å². The lowest BCUT2D eigenvalue weighted by molar-refractivity contribution is 0.669. The molecule has 11 aromatic rings. The summed E-state index contributed by atoms with van der Waals surface area (Å²) in [7, 11) is 0. The van der Waals surface area contributed by atoms with Crippen LogP contribution in [0.4, 0.5) is 0 Å². The molecule has 9 aromatic carbocycles. The van der Waals surface area contributed by atoms with Crippen LogP contribution < -0.4 is 0 Å². The fourth-order valence-electron chi connectivity index (χ4n) is 8.29. The smallest absolute Gasteiger partial charge is 0.143 e. The third kappa shape index (κ3) is 3.85. The summed E-state index contributed by atoms with van der Waals surface area (Å²) in [6.45, 7) is 0. The Bertz CT molecular complexity index is 3150. The Morgan fingerprint density at radius 2 is 0.660 bits per heavy atom. The number of rotatable bonds is 3. The quantitative estimate of drug-likeness (QED) is 0.180. The molecule has 0 saturated carbocycles. The molecule has 0 fully saturated rings. The van der Waals surface area contributed by atoms with E-state index in [0.717, 1.165) is 60.6 Å². The predicted molar refractivity (Wildman–Crippen MR) is 210 cm³/mol. The van der Waals surface area contributed by atoms with Gasteiger partial charge < -0.3 is 8.83 Å². The van der Waals surface area contributed by atoms with Crippen LogP contribution in [-0.2, 0) is 0 Å². The molecule has 0 spiro atoms. The molecule has 0 bridgehead atoms. The molecular weight excluding hydrogens is 609 g/mol. The molecule has 50 heavy (non-hydrogen) atoms.